The molecule has 0 bridgehead atoms. The van der Waals surface area contributed by atoms with E-state index in [4.69, 9.17) is 16.3 Å². The molecule has 1 saturated heterocycles. The van der Waals surface area contributed by atoms with E-state index in [1.807, 2.05) is 24.3 Å². The third-order valence-corrected chi connectivity index (χ3v) is 3.52. The second-order valence-corrected chi connectivity index (χ2v) is 6.93. The molecule has 1 aliphatic rings. The highest BCUT2D eigenvalue weighted by Crippen LogP contribution is 2.31. The zero-order chi connectivity index (χ0) is 13.4. The summed E-state index contributed by atoms with van der Waals surface area (Å²) in [5, 5.41) is 4.40. The topological polar surface area (TPSA) is 21.3 Å². The van der Waals surface area contributed by atoms with Crippen molar-refractivity contribution in [3.05, 3.63) is 29.3 Å². The van der Waals surface area contributed by atoms with Gasteiger partial charge < -0.3 is 10.1 Å². The zero-order valence-electron chi connectivity index (χ0n) is 12.0. The van der Waals surface area contributed by atoms with E-state index in [0.717, 1.165) is 23.6 Å². The third kappa shape index (κ3) is 4.87. The van der Waals surface area contributed by atoms with Gasteiger partial charge in [-0.15, -0.1) is 12.4 Å². The van der Waals surface area contributed by atoms with Crippen molar-refractivity contribution in [1.82, 2.24) is 5.32 Å². The number of benzene rings is 1. The van der Waals surface area contributed by atoms with Crippen LogP contribution in [0.25, 0.3) is 0 Å². The summed E-state index contributed by atoms with van der Waals surface area (Å²) in [4.78, 5) is 0. The van der Waals surface area contributed by atoms with E-state index in [1.165, 1.54) is 0 Å². The highest BCUT2D eigenvalue weighted by molar-refractivity contribution is 6.30. The van der Waals surface area contributed by atoms with Crippen LogP contribution in [0.3, 0.4) is 0 Å². The molecular formula is C15H23Cl2NO. The third-order valence-electron chi connectivity index (χ3n) is 3.27. The first-order valence-electron chi connectivity index (χ1n) is 6.47. The van der Waals surface area contributed by atoms with E-state index in [9.17, 15) is 0 Å². The molecule has 0 unspecified atom stereocenters. The fraction of sp³-hybridized carbons (Fsp3) is 0.600. The molecule has 0 aliphatic carbocycles. The number of halogens is 2. The highest BCUT2D eigenvalue weighted by Gasteiger charge is 2.38. The Bertz CT molecular complexity index is 399. The highest BCUT2D eigenvalue weighted by atomic mass is 35.5. The van der Waals surface area contributed by atoms with Gasteiger partial charge in [0.25, 0.3) is 0 Å². The van der Waals surface area contributed by atoms with Gasteiger partial charge in [-0.25, -0.2) is 0 Å². The van der Waals surface area contributed by atoms with Crippen LogP contribution in [0.2, 0.25) is 5.02 Å². The molecule has 0 saturated carbocycles. The van der Waals surface area contributed by atoms with Gasteiger partial charge in [-0.05, 0) is 52.0 Å². The summed E-state index contributed by atoms with van der Waals surface area (Å²) in [7, 11) is 0. The Hall–Kier alpha value is -0.440. The predicted octanol–water partition coefficient (Wildman–Crippen LogP) is 4.45. The minimum atomic E-state index is 0. The standard InChI is InChI=1S/C15H22ClNO.ClH/c1-14(2)9-13(10-15(3,4)17-14)18-12-7-5-11(16)6-8-12;/h5-8,13,17H,9-10H2,1-4H3;1H. The minimum Gasteiger partial charge on any atom is -0.490 e. The van der Waals surface area contributed by atoms with Crippen molar-refractivity contribution in [1.29, 1.82) is 0 Å². The summed E-state index contributed by atoms with van der Waals surface area (Å²) in [6.45, 7) is 8.91. The molecular weight excluding hydrogens is 281 g/mol. The second kappa shape index (κ2) is 5.90. The Morgan fingerprint density at radius 2 is 1.53 bits per heavy atom. The van der Waals surface area contributed by atoms with Crippen LogP contribution in [-0.2, 0) is 0 Å². The van der Waals surface area contributed by atoms with Crippen molar-refractivity contribution in [2.75, 3.05) is 0 Å². The van der Waals surface area contributed by atoms with Crippen molar-refractivity contribution in [2.24, 2.45) is 0 Å². The van der Waals surface area contributed by atoms with Gasteiger partial charge in [-0.3, -0.25) is 0 Å². The quantitative estimate of drug-likeness (QED) is 0.871. The summed E-state index contributed by atoms with van der Waals surface area (Å²) < 4.78 is 6.08. The SMILES string of the molecule is CC1(C)CC(Oc2ccc(Cl)cc2)CC(C)(C)N1.Cl. The van der Waals surface area contributed by atoms with Gasteiger partial charge in [0.05, 0.1) is 0 Å². The van der Waals surface area contributed by atoms with Gasteiger partial charge in [0.2, 0.25) is 0 Å². The molecule has 0 spiro atoms. The number of piperidine rings is 1. The normalized spacial score (nSPS) is 21.5. The molecule has 1 N–H and O–H groups in total. The first kappa shape index (κ1) is 16.6. The Morgan fingerprint density at radius 1 is 1.05 bits per heavy atom. The average molecular weight is 304 g/mol. The van der Waals surface area contributed by atoms with Crippen molar-refractivity contribution in [3.63, 3.8) is 0 Å². The summed E-state index contributed by atoms with van der Waals surface area (Å²) in [5.74, 6) is 0.901. The Morgan fingerprint density at radius 3 is 2.00 bits per heavy atom. The van der Waals surface area contributed by atoms with Gasteiger partial charge in [-0.2, -0.15) is 0 Å². The molecule has 2 rings (SSSR count). The largest absolute Gasteiger partial charge is 0.490 e. The molecule has 108 valence electrons. The number of hydrogen-bond acceptors (Lipinski definition) is 2. The van der Waals surface area contributed by atoms with Crippen LogP contribution >= 0.6 is 24.0 Å². The minimum absolute atomic E-state index is 0. The zero-order valence-corrected chi connectivity index (χ0v) is 13.6. The lowest BCUT2D eigenvalue weighted by Gasteiger charge is -2.46. The maximum atomic E-state index is 6.08. The maximum Gasteiger partial charge on any atom is 0.119 e. The van der Waals surface area contributed by atoms with Crippen molar-refractivity contribution in [2.45, 2.75) is 57.7 Å². The molecule has 1 aromatic carbocycles. The van der Waals surface area contributed by atoms with Gasteiger partial charge >= 0.3 is 0 Å². The van der Waals surface area contributed by atoms with Crippen LogP contribution in [0, 0.1) is 0 Å². The number of ether oxygens (including phenoxy) is 1. The van der Waals surface area contributed by atoms with Crippen molar-refractivity contribution in [3.8, 4) is 5.75 Å². The average Bonchev–Trinajstić information content (AvgIpc) is 2.16. The van der Waals surface area contributed by atoms with Gasteiger partial charge in [0.15, 0.2) is 0 Å². The first-order valence-corrected chi connectivity index (χ1v) is 6.85. The summed E-state index contributed by atoms with van der Waals surface area (Å²) in [6, 6.07) is 7.61. The van der Waals surface area contributed by atoms with Gasteiger partial charge in [-0.1, -0.05) is 11.6 Å². The van der Waals surface area contributed by atoms with E-state index >= 15 is 0 Å². The predicted molar refractivity (Wildman–Crippen MR) is 83.6 cm³/mol. The molecule has 1 heterocycles. The van der Waals surface area contributed by atoms with E-state index < -0.39 is 0 Å². The van der Waals surface area contributed by atoms with Crippen LogP contribution in [0.5, 0.6) is 5.75 Å². The molecule has 0 aromatic heterocycles. The molecule has 2 nitrogen and oxygen atoms in total. The molecule has 19 heavy (non-hydrogen) atoms. The number of nitrogens with one attached hydrogen (secondary N) is 1. The fourth-order valence-electron chi connectivity index (χ4n) is 3.02. The van der Waals surface area contributed by atoms with Crippen LogP contribution in [0.1, 0.15) is 40.5 Å². The van der Waals surface area contributed by atoms with Crippen LogP contribution in [0.4, 0.5) is 0 Å². The lowest BCUT2D eigenvalue weighted by atomic mass is 9.81. The van der Waals surface area contributed by atoms with Gasteiger partial charge in [0, 0.05) is 28.9 Å². The van der Waals surface area contributed by atoms with Crippen LogP contribution in [0.15, 0.2) is 24.3 Å². The van der Waals surface area contributed by atoms with Crippen LogP contribution in [-0.4, -0.2) is 17.2 Å². The molecule has 0 radical (unpaired) electrons. The summed E-state index contributed by atoms with van der Waals surface area (Å²) >= 11 is 5.88. The molecule has 1 aromatic rings. The van der Waals surface area contributed by atoms with E-state index in [2.05, 4.69) is 33.0 Å². The fourth-order valence-corrected chi connectivity index (χ4v) is 3.14. The van der Waals surface area contributed by atoms with Crippen molar-refractivity contribution < 1.29 is 4.74 Å². The Balaban J connectivity index is 0.00000180. The molecule has 0 amide bonds. The second-order valence-electron chi connectivity index (χ2n) is 6.49. The number of hydrogen-bond donors (Lipinski definition) is 1. The van der Waals surface area contributed by atoms with Crippen molar-refractivity contribution >= 4 is 24.0 Å². The monoisotopic (exact) mass is 303 g/mol. The molecule has 1 fully saturated rings. The summed E-state index contributed by atoms with van der Waals surface area (Å²) in [5.41, 5.74) is 0.220. The Labute approximate surface area is 127 Å². The van der Waals surface area contributed by atoms with E-state index in [1.54, 1.807) is 0 Å². The molecule has 1 aliphatic heterocycles. The van der Waals surface area contributed by atoms with Crippen LogP contribution < -0.4 is 10.1 Å². The van der Waals surface area contributed by atoms with E-state index in [0.29, 0.717) is 0 Å². The van der Waals surface area contributed by atoms with E-state index in [-0.39, 0.29) is 29.6 Å². The Kier molecular flexibility index (Phi) is 5.16. The first-order chi connectivity index (χ1) is 8.26. The molecule has 0 atom stereocenters. The maximum absolute atomic E-state index is 6.08. The lowest BCUT2D eigenvalue weighted by Crippen LogP contribution is -2.60. The summed E-state index contributed by atoms with van der Waals surface area (Å²) in [6.07, 6.45) is 2.27. The smallest absolute Gasteiger partial charge is 0.119 e. The molecule has 4 heteroatoms. The van der Waals surface area contributed by atoms with Gasteiger partial charge in [0.1, 0.15) is 11.9 Å². The lowest BCUT2D eigenvalue weighted by molar-refractivity contribution is 0.0559. The number of rotatable bonds is 2.